The molecule has 1 aromatic rings. The van der Waals surface area contributed by atoms with Gasteiger partial charge in [0.2, 0.25) is 0 Å². The molecule has 0 aromatic carbocycles. The summed E-state index contributed by atoms with van der Waals surface area (Å²) >= 11 is 0. The lowest BCUT2D eigenvalue weighted by molar-refractivity contribution is 0.112. The Kier molecular flexibility index (Phi) is 2.59. The maximum absolute atomic E-state index is 5.05. The van der Waals surface area contributed by atoms with E-state index >= 15 is 0 Å². The van der Waals surface area contributed by atoms with E-state index in [1.54, 1.807) is 7.11 Å². The zero-order valence-corrected chi connectivity index (χ0v) is 7.09. The van der Waals surface area contributed by atoms with Crippen molar-refractivity contribution < 1.29 is 4.74 Å². The molecule has 0 aliphatic carbocycles. The number of aromatic amines is 1. The minimum Gasteiger partial charge on any atom is -0.374 e. The standard InChI is InChI=1S/C7H13N3O/c1-4-6-8-7(10-9-6)5(2)11-3/h5H,4H2,1-3H3,(H,8,9,10). The number of rotatable bonds is 3. The van der Waals surface area contributed by atoms with Crippen molar-refractivity contribution in [3.8, 4) is 0 Å². The van der Waals surface area contributed by atoms with E-state index in [1.165, 1.54) is 0 Å². The molecule has 11 heavy (non-hydrogen) atoms. The summed E-state index contributed by atoms with van der Waals surface area (Å²) in [6.07, 6.45) is 0.857. The molecular weight excluding hydrogens is 142 g/mol. The third kappa shape index (κ3) is 1.77. The molecule has 0 fully saturated rings. The number of aryl methyl sites for hydroxylation is 1. The Morgan fingerprint density at radius 3 is 2.82 bits per heavy atom. The van der Waals surface area contributed by atoms with Crippen LogP contribution < -0.4 is 0 Å². The van der Waals surface area contributed by atoms with Crippen LogP contribution in [0.15, 0.2) is 0 Å². The molecule has 1 N–H and O–H groups in total. The first-order valence-corrected chi connectivity index (χ1v) is 3.72. The lowest BCUT2D eigenvalue weighted by atomic mass is 10.4. The lowest BCUT2D eigenvalue weighted by Gasteiger charge is -2.01. The molecule has 1 heterocycles. The molecule has 1 unspecified atom stereocenters. The van der Waals surface area contributed by atoms with Crippen molar-refractivity contribution in [2.45, 2.75) is 26.4 Å². The molecule has 4 heteroatoms. The normalized spacial score (nSPS) is 13.4. The van der Waals surface area contributed by atoms with Gasteiger partial charge in [0.25, 0.3) is 0 Å². The predicted molar refractivity (Wildman–Crippen MR) is 41.2 cm³/mol. The van der Waals surface area contributed by atoms with E-state index in [2.05, 4.69) is 15.2 Å². The molecule has 0 spiro atoms. The van der Waals surface area contributed by atoms with Crippen molar-refractivity contribution in [2.24, 2.45) is 0 Å². The topological polar surface area (TPSA) is 50.8 Å². The molecule has 0 amide bonds. The number of hydrogen-bond donors (Lipinski definition) is 1. The third-order valence-corrected chi connectivity index (χ3v) is 1.60. The fourth-order valence-electron chi connectivity index (χ4n) is 0.755. The summed E-state index contributed by atoms with van der Waals surface area (Å²) in [4.78, 5) is 4.21. The fraction of sp³-hybridized carbons (Fsp3) is 0.714. The second-order valence-electron chi connectivity index (χ2n) is 2.37. The maximum atomic E-state index is 5.05. The highest BCUT2D eigenvalue weighted by atomic mass is 16.5. The van der Waals surface area contributed by atoms with Crippen LogP contribution in [0.2, 0.25) is 0 Å². The van der Waals surface area contributed by atoms with Crippen LogP contribution in [0.3, 0.4) is 0 Å². The molecule has 0 saturated carbocycles. The molecular formula is C7H13N3O. The average Bonchev–Trinajstić information content (AvgIpc) is 2.50. The van der Waals surface area contributed by atoms with Crippen LogP contribution >= 0.6 is 0 Å². The number of aromatic nitrogens is 3. The number of nitrogens with one attached hydrogen (secondary N) is 1. The maximum Gasteiger partial charge on any atom is 0.179 e. The lowest BCUT2D eigenvalue weighted by Crippen LogP contribution is -1.98. The number of nitrogens with zero attached hydrogens (tertiary/aromatic N) is 2. The minimum atomic E-state index is -0.0217. The van der Waals surface area contributed by atoms with Gasteiger partial charge >= 0.3 is 0 Å². The number of methoxy groups -OCH3 is 1. The van der Waals surface area contributed by atoms with E-state index in [9.17, 15) is 0 Å². The van der Waals surface area contributed by atoms with Crippen molar-refractivity contribution in [2.75, 3.05) is 7.11 Å². The van der Waals surface area contributed by atoms with Gasteiger partial charge in [-0.3, -0.25) is 5.10 Å². The molecule has 62 valence electrons. The molecule has 4 nitrogen and oxygen atoms in total. The van der Waals surface area contributed by atoms with Gasteiger partial charge in [-0.2, -0.15) is 5.10 Å². The van der Waals surface area contributed by atoms with Gasteiger partial charge in [-0.25, -0.2) is 4.98 Å². The van der Waals surface area contributed by atoms with E-state index in [4.69, 9.17) is 4.74 Å². The Morgan fingerprint density at radius 2 is 2.36 bits per heavy atom. The molecule has 0 radical (unpaired) electrons. The van der Waals surface area contributed by atoms with E-state index in [1.807, 2.05) is 13.8 Å². The highest BCUT2D eigenvalue weighted by Gasteiger charge is 2.08. The number of H-pyrrole nitrogens is 1. The Bertz CT molecular complexity index is 221. The van der Waals surface area contributed by atoms with E-state index in [-0.39, 0.29) is 6.10 Å². The highest BCUT2D eigenvalue weighted by Crippen LogP contribution is 2.09. The van der Waals surface area contributed by atoms with Crippen LogP contribution in [0.4, 0.5) is 0 Å². The van der Waals surface area contributed by atoms with Gasteiger partial charge in [0.15, 0.2) is 5.82 Å². The molecule has 0 bridgehead atoms. The highest BCUT2D eigenvalue weighted by molar-refractivity contribution is 4.92. The first-order valence-electron chi connectivity index (χ1n) is 3.72. The number of ether oxygens (including phenoxy) is 1. The van der Waals surface area contributed by atoms with Gasteiger partial charge in [-0.1, -0.05) is 6.92 Å². The van der Waals surface area contributed by atoms with Crippen LogP contribution in [-0.4, -0.2) is 22.3 Å². The molecule has 0 aliphatic rings. The van der Waals surface area contributed by atoms with E-state index in [0.717, 1.165) is 18.1 Å². The smallest absolute Gasteiger partial charge is 0.179 e. The van der Waals surface area contributed by atoms with Gasteiger partial charge in [0.1, 0.15) is 11.9 Å². The van der Waals surface area contributed by atoms with Crippen LogP contribution in [-0.2, 0) is 11.2 Å². The monoisotopic (exact) mass is 155 g/mol. The SMILES string of the molecule is CCc1nc(C(C)OC)n[nH]1. The van der Waals surface area contributed by atoms with Crippen LogP contribution in [0.25, 0.3) is 0 Å². The average molecular weight is 155 g/mol. The first kappa shape index (κ1) is 8.20. The Labute approximate surface area is 66.0 Å². The molecule has 0 aliphatic heterocycles. The van der Waals surface area contributed by atoms with Crippen LogP contribution in [0.1, 0.15) is 31.6 Å². The minimum absolute atomic E-state index is 0.0217. The summed E-state index contributed by atoms with van der Waals surface area (Å²) in [5, 5.41) is 6.83. The second-order valence-corrected chi connectivity index (χ2v) is 2.37. The first-order chi connectivity index (χ1) is 5.27. The van der Waals surface area contributed by atoms with Crippen LogP contribution in [0, 0.1) is 0 Å². The summed E-state index contributed by atoms with van der Waals surface area (Å²) in [6, 6.07) is 0. The number of hydrogen-bond acceptors (Lipinski definition) is 3. The summed E-state index contributed by atoms with van der Waals surface area (Å²) in [7, 11) is 1.65. The molecule has 1 aromatic heterocycles. The summed E-state index contributed by atoms with van der Waals surface area (Å²) in [6.45, 7) is 3.95. The van der Waals surface area contributed by atoms with Gasteiger partial charge in [0, 0.05) is 13.5 Å². The zero-order valence-electron chi connectivity index (χ0n) is 7.09. The van der Waals surface area contributed by atoms with E-state index < -0.39 is 0 Å². The van der Waals surface area contributed by atoms with Gasteiger partial charge in [0.05, 0.1) is 0 Å². The predicted octanol–water partition coefficient (Wildman–Crippen LogP) is 1.07. The summed E-state index contributed by atoms with van der Waals surface area (Å²) in [5.41, 5.74) is 0. The van der Waals surface area contributed by atoms with Crippen molar-refractivity contribution in [1.29, 1.82) is 0 Å². The summed E-state index contributed by atoms with van der Waals surface area (Å²) in [5.74, 6) is 1.63. The summed E-state index contributed by atoms with van der Waals surface area (Å²) < 4.78 is 5.05. The third-order valence-electron chi connectivity index (χ3n) is 1.60. The Morgan fingerprint density at radius 1 is 1.64 bits per heavy atom. The largest absolute Gasteiger partial charge is 0.374 e. The van der Waals surface area contributed by atoms with Crippen molar-refractivity contribution in [3.63, 3.8) is 0 Å². The Balaban J connectivity index is 2.71. The second kappa shape index (κ2) is 3.48. The quantitative estimate of drug-likeness (QED) is 0.710. The van der Waals surface area contributed by atoms with Gasteiger partial charge < -0.3 is 4.74 Å². The Hall–Kier alpha value is -0.900. The zero-order chi connectivity index (χ0) is 8.27. The van der Waals surface area contributed by atoms with Crippen molar-refractivity contribution in [1.82, 2.24) is 15.2 Å². The molecule has 0 saturated heterocycles. The van der Waals surface area contributed by atoms with E-state index in [0.29, 0.717) is 0 Å². The molecule has 1 rings (SSSR count). The fourth-order valence-corrected chi connectivity index (χ4v) is 0.755. The van der Waals surface area contributed by atoms with Gasteiger partial charge in [-0.05, 0) is 6.92 Å². The van der Waals surface area contributed by atoms with Crippen LogP contribution in [0.5, 0.6) is 0 Å². The van der Waals surface area contributed by atoms with Gasteiger partial charge in [-0.15, -0.1) is 0 Å². The van der Waals surface area contributed by atoms with Crippen molar-refractivity contribution >= 4 is 0 Å². The molecule has 1 atom stereocenters. The van der Waals surface area contributed by atoms with Crippen molar-refractivity contribution in [3.05, 3.63) is 11.6 Å².